The number of aryl methyl sites for hydroxylation is 1. The minimum Gasteiger partial charge on any atom is -0.496 e. The first-order valence-electron chi connectivity index (χ1n) is 4.15. The molecule has 0 unspecified atom stereocenters. The highest BCUT2D eigenvalue weighted by atomic mass is 19.3. The molecule has 0 aliphatic carbocycles. The third-order valence-electron chi connectivity index (χ3n) is 2.01. The van der Waals surface area contributed by atoms with Crippen molar-refractivity contribution >= 4 is 0 Å². The van der Waals surface area contributed by atoms with E-state index in [0.29, 0.717) is 5.56 Å². The average molecular weight is 202 g/mol. The molecule has 4 heteroatoms. The number of aliphatic hydroxyl groups excluding tert-OH is 1. The van der Waals surface area contributed by atoms with Gasteiger partial charge in [0.2, 0.25) is 0 Å². The first kappa shape index (κ1) is 10.9. The van der Waals surface area contributed by atoms with Crippen LogP contribution in [0.4, 0.5) is 8.78 Å². The molecule has 2 nitrogen and oxygen atoms in total. The van der Waals surface area contributed by atoms with Gasteiger partial charge in [-0.25, -0.2) is 0 Å². The van der Waals surface area contributed by atoms with E-state index in [1.165, 1.54) is 19.2 Å². The zero-order valence-corrected chi connectivity index (χ0v) is 8.05. The summed E-state index contributed by atoms with van der Waals surface area (Å²) in [5, 5.41) is 8.55. The van der Waals surface area contributed by atoms with Gasteiger partial charge >= 0.3 is 0 Å². The van der Waals surface area contributed by atoms with Gasteiger partial charge in [-0.3, -0.25) is 0 Å². The van der Waals surface area contributed by atoms with E-state index in [2.05, 4.69) is 0 Å². The van der Waals surface area contributed by atoms with Gasteiger partial charge in [-0.15, -0.1) is 0 Å². The lowest BCUT2D eigenvalue weighted by molar-refractivity contribution is -0.0571. The largest absolute Gasteiger partial charge is 0.496 e. The van der Waals surface area contributed by atoms with Crippen LogP contribution in [0.5, 0.6) is 5.75 Å². The van der Waals surface area contributed by atoms with Crippen LogP contribution >= 0.6 is 0 Å². The Morgan fingerprint density at radius 1 is 1.43 bits per heavy atom. The van der Waals surface area contributed by atoms with Crippen molar-refractivity contribution in [3.05, 3.63) is 29.3 Å². The molecule has 0 amide bonds. The summed E-state index contributed by atoms with van der Waals surface area (Å²) in [6.45, 7) is 0.461. The Morgan fingerprint density at radius 2 is 2.07 bits per heavy atom. The Kier molecular flexibility index (Phi) is 3.06. The summed E-state index contributed by atoms with van der Waals surface area (Å²) < 4.78 is 31.2. The van der Waals surface area contributed by atoms with Crippen LogP contribution in [0.2, 0.25) is 0 Å². The molecule has 0 bridgehead atoms. The predicted octanol–water partition coefficient (Wildman–Crippen LogP) is 2.09. The van der Waals surface area contributed by atoms with Gasteiger partial charge in [0.1, 0.15) is 12.4 Å². The molecule has 78 valence electrons. The Hall–Kier alpha value is -1.16. The molecule has 0 heterocycles. The molecule has 14 heavy (non-hydrogen) atoms. The summed E-state index contributed by atoms with van der Waals surface area (Å²) in [5.74, 6) is -3.12. The standard InChI is InChI=1S/C10H12F2O2/c1-7-4-3-5-8(9(7)14-2)10(11,12)6-13/h3-5,13H,6H2,1-2H3. The fourth-order valence-electron chi connectivity index (χ4n) is 1.30. The Labute approximate surface area is 81.1 Å². The van der Waals surface area contributed by atoms with Crippen molar-refractivity contribution < 1.29 is 18.6 Å². The topological polar surface area (TPSA) is 29.5 Å². The van der Waals surface area contributed by atoms with Gasteiger partial charge in [0, 0.05) is 0 Å². The summed E-state index contributed by atoms with van der Waals surface area (Å²) in [6, 6.07) is 4.44. The Balaban J connectivity index is 3.27. The summed E-state index contributed by atoms with van der Waals surface area (Å²) in [5.41, 5.74) is 0.348. The van der Waals surface area contributed by atoms with E-state index in [-0.39, 0.29) is 11.3 Å². The SMILES string of the molecule is COc1c(C)cccc1C(F)(F)CO. The molecule has 0 aliphatic rings. The average Bonchev–Trinajstić information content (AvgIpc) is 2.17. The lowest BCUT2D eigenvalue weighted by Crippen LogP contribution is -2.19. The normalized spacial score (nSPS) is 11.5. The second-order valence-corrected chi connectivity index (χ2v) is 3.02. The fourth-order valence-corrected chi connectivity index (χ4v) is 1.30. The summed E-state index contributed by atoms with van der Waals surface area (Å²) in [7, 11) is 1.33. The molecule has 1 aromatic carbocycles. The van der Waals surface area contributed by atoms with Gasteiger partial charge < -0.3 is 9.84 Å². The number of alkyl halides is 2. The summed E-state index contributed by atoms with van der Waals surface area (Å²) >= 11 is 0. The number of methoxy groups -OCH3 is 1. The second kappa shape index (κ2) is 3.92. The summed E-state index contributed by atoms with van der Waals surface area (Å²) in [6.07, 6.45) is 0. The first-order valence-corrected chi connectivity index (χ1v) is 4.15. The second-order valence-electron chi connectivity index (χ2n) is 3.02. The monoisotopic (exact) mass is 202 g/mol. The highest BCUT2D eigenvalue weighted by Crippen LogP contribution is 2.36. The van der Waals surface area contributed by atoms with Gasteiger partial charge in [-0.05, 0) is 18.6 Å². The van der Waals surface area contributed by atoms with E-state index < -0.39 is 12.5 Å². The third kappa shape index (κ3) is 1.85. The van der Waals surface area contributed by atoms with E-state index in [1.54, 1.807) is 13.0 Å². The summed E-state index contributed by atoms with van der Waals surface area (Å²) in [4.78, 5) is 0. The molecule has 1 rings (SSSR count). The molecule has 1 N–H and O–H groups in total. The molecule has 0 spiro atoms. The molecule has 1 aromatic rings. The van der Waals surface area contributed by atoms with Crippen LogP contribution in [0, 0.1) is 6.92 Å². The molecular weight excluding hydrogens is 190 g/mol. The minimum atomic E-state index is -3.25. The number of aliphatic hydroxyl groups is 1. The number of halogens is 2. The van der Waals surface area contributed by atoms with Crippen LogP contribution in [0.1, 0.15) is 11.1 Å². The Bertz CT molecular complexity index is 324. The highest BCUT2D eigenvalue weighted by molar-refractivity contribution is 5.43. The van der Waals surface area contributed by atoms with Gasteiger partial charge in [0.05, 0.1) is 12.7 Å². The maximum absolute atomic E-state index is 13.2. The Morgan fingerprint density at radius 3 is 2.57 bits per heavy atom. The maximum Gasteiger partial charge on any atom is 0.299 e. The molecule has 0 atom stereocenters. The van der Waals surface area contributed by atoms with Gasteiger partial charge in [0.15, 0.2) is 0 Å². The van der Waals surface area contributed by atoms with Crippen molar-refractivity contribution in [1.29, 1.82) is 0 Å². The lowest BCUT2D eigenvalue weighted by Gasteiger charge is -2.18. The van der Waals surface area contributed by atoms with E-state index in [0.717, 1.165) is 0 Å². The third-order valence-corrected chi connectivity index (χ3v) is 2.01. The van der Waals surface area contributed by atoms with Crippen LogP contribution in [0.3, 0.4) is 0 Å². The zero-order valence-electron chi connectivity index (χ0n) is 8.05. The van der Waals surface area contributed by atoms with Crippen LogP contribution in [-0.2, 0) is 5.92 Å². The lowest BCUT2D eigenvalue weighted by atomic mass is 10.0. The predicted molar refractivity (Wildman–Crippen MR) is 48.7 cm³/mol. The van der Waals surface area contributed by atoms with Crippen LogP contribution in [0.15, 0.2) is 18.2 Å². The number of hydrogen-bond acceptors (Lipinski definition) is 2. The minimum absolute atomic E-state index is 0.131. The van der Waals surface area contributed by atoms with Crippen LogP contribution in [0.25, 0.3) is 0 Å². The van der Waals surface area contributed by atoms with Crippen LogP contribution < -0.4 is 4.74 Å². The molecule has 0 fully saturated rings. The quantitative estimate of drug-likeness (QED) is 0.813. The molecule has 0 aromatic heterocycles. The molecular formula is C10H12F2O2. The highest BCUT2D eigenvalue weighted by Gasteiger charge is 2.34. The van der Waals surface area contributed by atoms with E-state index in [9.17, 15) is 8.78 Å². The van der Waals surface area contributed by atoms with Gasteiger partial charge in [0.25, 0.3) is 5.92 Å². The number of rotatable bonds is 3. The molecule has 0 saturated heterocycles. The van der Waals surface area contributed by atoms with E-state index in [1.807, 2.05) is 0 Å². The van der Waals surface area contributed by atoms with Gasteiger partial charge in [-0.1, -0.05) is 12.1 Å². The molecule has 0 saturated carbocycles. The number of hydrogen-bond donors (Lipinski definition) is 1. The maximum atomic E-state index is 13.2. The van der Waals surface area contributed by atoms with Crippen molar-refractivity contribution in [2.45, 2.75) is 12.8 Å². The van der Waals surface area contributed by atoms with Crippen molar-refractivity contribution in [2.24, 2.45) is 0 Å². The van der Waals surface area contributed by atoms with Crippen molar-refractivity contribution in [2.75, 3.05) is 13.7 Å². The van der Waals surface area contributed by atoms with Gasteiger partial charge in [-0.2, -0.15) is 8.78 Å². The molecule has 0 radical (unpaired) electrons. The number of para-hydroxylation sites is 1. The zero-order chi connectivity index (χ0) is 10.8. The smallest absolute Gasteiger partial charge is 0.299 e. The van der Waals surface area contributed by atoms with Crippen molar-refractivity contribution in [3.63, 3.8) is 0 Å². The first-order chi connectivity index (χ1) is 6.53. The van der Waals surface area contributed by atoms with E-state index in [4.69, 9.17) is 9.84 Å². The molecule has 0 aliphatic heterocycles. The number of benzene rings is 1. The van der Waals surface area contributed by atoms with Crippen molar-refractivity contribution in [1.82, 2.24) is 0 Å². The fraction of sp³-hybridized carbons (Fsp3) is 0.400. The van der Waals surface area contributed by atoms with Crippen molar-refractivity contribution in [3.8, 4) is 5.75 Å². The van der Waals surface area contributed by atoms with E-state index >= 15 is 0 Å². The van der Waals surface area contributed by atoms with Crippen LogP contribution in [-0.4, -0.2) is 18.8 Å². The number of ether oxygens (including phenoxy) is 1.